The normalized spacial score (nSPS) is 13.9. The Hall–Kier alpha value is -3.96. The van der Waals surface area contributed by atoms with E-state index in [1.807, 2.05) is 55.5 Å². The third-order valence-electron chi connectivity index (χ3n) is 5.33. The van der Waals surface area contributed by atoms with Crippen molar-refractivity contribution in [2.75, 3.05) is 21.3 Å². The van der Waals surface area contributed by atoms with E-state index in [1.54, 1.807) is 7.11 Å². The molecule has 1 aliphatic rings. The average Bonchev–Trinajstić information content (AvgIpc) is 3.21. The predicted molar refractivity (Wildman–Crippen MR) is 121 cm³/mol. The third kappa shape index (κ3) is 4.85. The van der Waals surface area contributed by atoms with Crippen LogP contribution < -0.4 is 4.74 Å². The molecule has 2 aromatic carbocycles. The van der Waals surface area contributed by atoms with E-state index in [0.717, 1.165) is 22.4 Å². The average molecular weight is 428 g/mol. The zero-order valence-corrected chi connectivity index (χ0v) is 18.6. The summed E-state index contributed by atoms with van der Waals surface area (Å²) in [5.74, 6) is 11.9. The second-order valence-corrected chi connectivity index (χ2v) is 7.47. The van der Waals surface area contributed by atoms with Crippen LogP contribution in [0.1, 0.15) is 29.5 Å². The third-order valence-corrected chi connectivity index (χ3v) is 5.33. The van der Waals surface area contributed by atoms with Crippen molar-refractivity contribution in [2.45, 2.75) is 19.8 Å². The zero-order valence-electron chi connectivity index (χ0n) is 18.6. The minimum absolute atomic E-state index is 0.0768. The van der Waals surface area contributed by atoms with Gasteiger partial charge in [-0.25, -0.2) is 0 Å². The van der Waals surface area contributed by atoms with E-state index in [1.165, 1.54) is 14.2 Å². The van der Waals surface area contributed by atoms with Gasteiger partial charge in [-0.3, -0.25) is 9.59 Å². The highest BCUT2D eigenvalue weighted by Crippen LogP contribution is 2.43. The van der Waals surface area contributed by atoms with Gasteiger partial charge in [0.15, 0.2) is 5.41 Å². The van der Waals surface area contributed by atoms with Gasteiger partial charge >= 0.3 is 11.9 Å². The summed E-state index contributed by atoms with van der Waals surface area (Å²) in [6.07, 6.45) is 0.158. The van der Waals surface area contributed by atoms with Crippen LogP contribution in [0, 0.1) is 36.0 Å². The topological polar surface area (TPSA) is 61.8 Å². The number of hydrogen-bond acceptors (Lipinski definition) is 5. The van der Waals surface area contributed by atoms with Crippen LogP contribution in [0.5, 0.6) is 5.75 Å². The van der Waals surface area contributed by atoms with E-state index in [9.17, 15) is 9.59 Å². The summed E-state index contributed by atoms with van der Waals surface area (Å²) in [6.45, 7) is 2.00. The van der Waals surface area contributed by atoms with Gasteiger partial charge in [-0.05, 0) is 43.3 Å². The summed E-state index contributed by atoms with van der Waals surface area (Å²) >= 11 is 0. The van der Waals surface area contributed by atoms with Crippen molar-refractivity contribution in [1.29, 1.82) is 0 Å². The molecule has 0 saturated heterocycles. The molecule has 0 saturated carbocycles. The standard InChI is InChI=1S/C27H24O5/c1-19-5-7-20(8-6-19)9-13-22-17-27(25(28)31-3,26(29)32-4)18-23(22)14-10-21-11-15-24(30-2)16-12-21/h5-8,11-12,15-16H,17-18H2,1-4H3. The maximum Gasteiger partial charge on any atom is 0.323 e. The number of aryl methyl sites for hydroxylation is 1. The summed E-state index contributed by atoms with van der Waals surface area (Å²) in [6, 6.07) is 15.1. The van der Waals surface area contributed by atoms with Crippen LogP contribution in [0.15, 0.2) is 59.7 Å². The Labute approximate surface area is 188 Å². The van der Waals surface area contributed by atoms with Crippen molar-refractivity contribution in [3.05, 3.63) is 76.4 Å². The smallest absolute Gasteiger partial charge is 0.323 e. The lowest BCUT2D eigenvalue weighted by Gasteiger charge is -2.22. The van der Waals surface area contributed by atoms with Crippen LogP contribution in [0.3, 0.4) is 0 Å². The van der Waals surface area contributed by atoms with Gasteiger partial charge in [-0.15, -0.1) is 0 Å². The van der Waals surface area contributed by atoms with Crippen LogP contribution in [0.25, 0.3) is 0 Å². The van der Waals surface area contributed by atoms with Gasteiger partial charge < -0.3 is 14.2 Å². The van der Waals surface area contributed by atoms with Crippen LogP contribution in [0.4, 0.5) is 0 Å². The minimum Gasteiger partial charge on any atom is -0.497 e. The molecule has 0 fully saturated rings. The molecule has 0 amide bonds. The second-order valence-electron chi connectivity index (χ2n) is 7.47. The number of esters is 2. The lowest BCUT2D eigenvalue weighted by atomic mass is 9.83. The highest BCUT2D eigenvalue weighted by molar-refractivity contribution is 6.02. The van der Waals surface area contributed by atoms with Gasteiger partial charge in [-0.2, -0.15) is 0 Å². The Kier molecular flexibility index (Phi) is 7.03. The molecule has 0 atom stereocenters. The van der Waals surface area contributed by atoms with Gasteiger partial charge in [0.1, 0.15) is 5.75 Å². The Balaban J connectivity index is 2.02. The molecule has 0 unspecified atom stereocenters. The second kappa shape index (κ2) is 9.90. The van der Waals surface area contributed by atoms with Gasteiger partial charge in [0, 0.05) is 35.1 Å². The number of ether oxygens (including phenoxy) is 3. The molecular formula is C27H24O5. The zero-order chi connectivity index (χ0) is 23.1. The first-order chi connectivity index (χ1) is 15.4. The largest absolute Gasteiger partial charge is 0.497 e. The number of hydrogen-bond donors (Lipinski definition) is 0. The van der Waals surface area contributed by atoms with Crippen molar-refractivity contribution in [3.8, 4) is 29.4 Å². The highest BCUT2D eigenvalue weighted by atomic mass is 16.5. The summed E-state index contributed by atoms with van der Waals surface area (Å²) in [7, 11) is 4.11. The number of rotatable bonds is 3. The van der Waals surface area contributed by atoms with E-state index in [0.29, 0.717) is 11.1 Å². The molecule has 0 heterocycles. The number of allylic oxidation sites excluding steroid dienone is 2. The molecule has 0 aliphatic heterocycles. The summed E-state index contributed by atoms with van der Waals surface area (Å²) in [4.78, 5) is 25.2. The molecule has 3 rings (SSSR count). The van der Waals surface area contributed by atoms with Gasteiger partial charge in [0.05, 0.1) is 21.3 Å². The van der Waals surface area contributed by atoms with Crippen molar-refractivity contribution < 1.29 is 23.8 Å². The number of carbonyl (C=O) groups excluding carboxylic acids is 2. The Morgan fingerprint density at radius 3 is 1.56 bits per heavy atom. The molecular weight excluding hydrogens is 404 g/mol. The molecule has 162 valence electrons. The predicted octanol–water partition coefficient (Wildman–Crippen LogP) is 3.83. The number of carbonyl (C=O) groups is 2. The fraction of sp³-hybridized carbons (Fsp3) is 0.259. The van der Waals surface area contributed by atoms with Crippen LogP contribution >= 0.6 is 0 Å². The Morgan fingerprint density at radius 2 is 1.16 bits per heavy atom. The molecule has 32 heavy (non-hydrogen) atoms. The van der Waals surface area contributed by atoms with E-state index < -0.39 is 17.4 Å². The monoisotopic (exact) mass is 428 g/mol. The van der Waals surface area contributed by atoms with Crippen molar-refractivity contribution in [3.63, 3.8) is 0 Å². The number of benzene rings is 2. The molecule has 0 spiro atoms. The summed E-state index contributed by atoms with van der Waals surface area (Å²) in [5.41, 5.74) is 2.51. The SMILES string of the molecule is COC(=O)C1(C(=O)OC)CC(C#Cc2ccc(C)cc2)=C(C#Cc2ccc(OC)cc2)C1. The van der Waals surface area contributed by atoms with Gasteiger partial charge in [-0.1, -0.05) is 41.4 Å². The quantitative estimate of drug-likeness (QED) is 0.422. The Bertz CT molecular complexity index is 1150. The maximum absolute atomic E-state index is 12.6. The molecule has 0 radical (unpaired) electrons. The van der Waals surface area contributed by atoms with Crippen LogP contribution in [0.2, 0.25) is 0 Å². The minimum atomic E-state index is -1.48. The lowest BCUT2D eigenvalue weighted by Crippen LogP contribution is -2.39. The van der Waals surface area contributed by atoms with Crippen LogP contribution in [-0.4, -0.2) is 33.3 Å². The van der Waals surface area contributed by atoms with E-state index in [4.69, 9.17) is 14.2 Å². The summed E-state index contributed by atoms with van der Waals surface area (Å²) in [5, 5.41) is 0. The molecule has 5 nitrogen and oxygen atoms in total. The molecule has 1 aliphatic carbocycles. The molecule has 0 aromatic heterocycles. The molecule has 5 heteroatoms. The highest BCUT2D eigenvalue weighted by Gasteiger charge is 2.53. The van der Waals surface area contributed by atoms with Crippen molar-refractivity contribution >= 4 is 11.9 Å². The van der Waals surface area contributed by atoms with E-state index in [2.05, 4.69) is 23.7 Å². The molecule has 0 N–H and O–H groups in total. The maximum atomic E-state index is 12.6. The van der Waals surface area contributed by atoms with Crippen molar-refractivity contribution in [2.24, 2.45) is 5.41 Å². The summed E-state index contributed by atoms with van der Waals surface area (Å²) < 4.78 is 15.1. The number of methoxy groups -OCH3 is 3. The van der Waals surface area contributed by atoms with E-state index >= 15 is 0 Å². The first-order valence-electron chi connectivity index (χ1n) is 10.1. The first-order valence-corrected chi connectivity index (χ1v) is 10.1. The lowest BCUT2D eigenvalue weighted by molar-refractivity contribution is -0.168. The fourth-order valence-electron chi connectivity index (χ4n) is 3.49. The Morgan fingerprint density at radius 1 is 0.719 bits per heavy atom. The van der Waals surface area contributed by atoms with Gasteiger partial charge in [0.25, 0.3) is 0 Å². The van der Waals surface area contributed by atoms with E-state index in [-0.39, 0.29) is 12.8 Å². The van der Waals surface area contributed by atoms with Gasteiger partial charge in [0.2, 0.25) is 0 Å². The van der Waals surface area contributed by atoms with Crippen LogP contribution in [-0.2, 0) is 19.1 Å². The molecule has 2 aromatic rings. The molecule has 0 bridgehead atoms. The first kappa shape index (κ1) is 22.7. The fourth-order valence-corrected chi connectivity index (χ4v) is 3.49. The van der Waals surface area contributed by atoms with Crippen molar-refractivity contribution in [1.82, 2.24) is 0 Å².